The Balaban J connectivity index is 2.50. The van der Waals surface area contributed by atoms with Crippen molar-refractivity contribution in [3.8, 4) is 0 Å². The number of hydrogen-bond donors (Lipinski definition) is 3. The van der Waals surface area contributed by atoms with Gasteiger partial charge in [0, 0.05) is 17.4 Å². The van der Waals surface area contributed by atoms with Crippen LogP contribution in [0.15, 0.2) is 18.2 Å². The van der Waals surface area contributed by atoms with Gasteiger partial charge in [-0.15, -0.1) is 0 Å². The van der Waals surface area contributed by atoms with Gasteiger partial charge in [-0.3, -0.25) is 4.79 Å². The molecule has 84 valence electrons. The molecule has 4 nitrogen and oxygen atoms in total. The van der Waals surface area contributed by atoms with E-state index < -0.39 is 5.97 Å². The molecule has 1 heterocycles. The zero-order valence-electron chi connectivity index (χ0n) is 8.46. The number of aryl methyl sites for hydroxylation is 1. The third kappa shape index (κ3) is 1.71. The number of nitrogens with two attached hydrogens (primary N) is 1. The van der Waals surface area contributed by atoms with Gasteiger partial charge in [-0.25, -0.2) is 4.39 Å². The van der Waals surface area contributed by atoms with Crippen molar-refractivity contribution in [3.63, 3.8) is 0 Å². The Kier molecular flexibility index (Phi) is 2.52. The summed E-state index contributed by atoms with van der Waals surface area (Å²) in [5.74, 6) is -0.975. The highest BCUT2D eigenvalue weighted by Gasteiger charge is 2.13. The number of carboxylic acid groups (broad SMARTS) is 1. The quantitative estimate of drug-likeness (QED) is 0.742. The molecule has 4 N–H and O–H groups in total. The van der Waals surface area contributed by atoms with E-state index in [0.29, 0.717) is 22.3 Å². The van der Waals surface area contributed by atoms with Crippen LogP contribution < -0.4 is 5.73 Å². The number of nitrogens with one attached hydrogen (secondary N) is 1. The van der Waals surface area contributed by atoms with E-state index in [0.717, 1.165) is 0 Å². The third-order valence-corrected chi connectivity index (χ3v) is 2.50. The molecule has 1 aromatic heterocycles. The average molecular weight is 222 g/mol. The Morgan fingerprint density at radius 2 is 2.25 bits per heavy atom. The maximum absolute atomic E-state index is 13.6. The number of carbonyl (C=O) groups is 1. The van der Waals surface area contributed by atoms with Crippen LogP contribution in [0.3, 0.4) is 0 Å². The normalized spacial score (nSPS) is 10.8. The lowest BCUT2D eigenvalue weighted by atomic mass is 10.1. The molecule has 0 saturated heterocycles. The summed E-state index contributed by atoms with van der Waals surface area (Å²) in [5, 5.41) is 8.99. The summed E-state index contributed by atoms with van der Waals surface area (Å²) in [6.07, 6.45) is 0.160. The number of aliphatic carboxylic acids is 1. The highest BCUT2D eigenvalue weighted by Crippen LogP contribution is 2.27. The fraction of sp³-hybridized carbons (Fsp3) is 0.182. The molecule has 0 fully saturated rings. The Morgan fingerprint density at radius 3 is 2.94 bits per heavy atom. The molecule has 2 aromatic rings. The lowest BCUT2D eigenvalue weighted by Crippen LogP contribution is -1.99. The van der Waals surface area contributed by atoms with Crippen LogP contribution in [0.5, 0.6) is 0 Å². The highest BCUT2D eigenvalue weighted by atomic mass is 19.1. The number of nitrogen functional groups attached to an aromatic ring is 1. The van der Waals surface area contributed by atoms with Crippen LogP contribution in [0.1, 0.15) is 12.0 Å². The minimum absolute atomic E-state index is 0.0640. The standard InChI is InChI=1S/C11H11FN2O2/c12-7-2-1-3-8-10(7)6(11(13)14-8)4-5-9(15)16/h1-3,14H,4-5,13H2,(H,15,16). The van der Waals surface area contributed by atoms with Crippen molar-refractivity contribution in [2.24, 2.45) is 0 Å². The average Bonchev–Trinajstić information content (AvgIpc) is 2.52. The first-order valence-electron chi connectivity index (χ1n) is 4.86. The Hall–Kier alpha value is -2.04. The molecule has 0 unspecified atom stereocenters. The zero-order chi connectivity index (χ0) is 11.7. The molecule has 1 aromatic carbocycles. The van der Waals surface area contributed by atoms with E-state index in [1.54, 1.807) is 12.1 Å². The van der Waals surface area contributed by atoms with E-state index >= 15 is 0 Å². The van der Waals surface area contributed by atoms with Gasteiger partial charge in [0.05, 0.1) is 5.52 Å². The van der Waals surface area contributed by atoms with E-state index in [1.165, 1.54) is 6.07 Å². The van der Waals surface area contributed by atoms with Gasteiger partial charge in [-0.05, 0) is 18.6 Å². The topological polar surface area (TPSA) is 79.1 Å². The van der Waals surface area contributed by atoms with Gasteiger partial charge in [0.1, 0.15) is 11.6 Å². The molecule has 0 aliphatic rings. The van der Waals surface area contributed by atoms with Crippen LogP contribution >= 0.6 is 0 Å². The number of anilines is 1. The van der Waals surface area contributed by atoms with Crippen LogP contribution in [-0.4, -0.2) is 16.1 Å². The van der Waals surface area contributed by atoms with Crippen molar-refractivity contribution in [1.82, 2.24) is 4.98 Å². The Labute approximate surface area is 90.9 Å². The van der Waals surface area contributed by atoms with Gasteiger partial charge in [0.25, 0.3) is 0 Å². The summed E-state index contributed by atoms with van der Waals surface area (Å²) in [7, 11) is 0. The molecule has 0 radical (unpaired) electrons. The maximum atomic E-state index is 13.6. The number of rotatable bonds is 3. The zero-order valence-corrected chi connectivity index (χ0v) is 8.46. The summed E-state index contributed by atoms with van der Waals surface area (Å²) in [6, 6.07) is 4.62. The number of H-pyrrole nitrogens is 1. The van der Waals surface area contributed by atoms with Crippen molar-refractivity contribution in [3.05, 3.63) is 29.6 Å². The number of halogens is 1. The van der Waals surface area contributed by atoms with E-state index in [2.05, 4.69) is 4.98 Å². The molecule has 0 saturated carbocycles. The lowest BCUT2D eigenvalue weighted by molar-refractivity contribution is -0.136. The fourth-order valence-electron chi connectivity index (χ4n) is 1.78. The van der Waals surface area contributed by atoms with Gasteiger partial charge < -0.3 is 15.8 Å². The minimum atomic E-state index is -0.926. The molecular weight excluding hydrogens is 211 g/mol. The molecule has 2 rings (SSSR count). The first kappa shape index (κ1) is 10.5. The molecule has 0 spiro atoms. The van der Waals surface area contributed by atoms with Crippen molar-refractivity contribution < 1.29 is 14.3 Å². The largest absolute Gasteiger partial charge is 0.481 e. The van der Waals surface area contributed by atoms with Gasteiger partial charge in [0.2, 0.25) is 0 Å². The first-order valence-corrected chi connectivity index (χ1v) is 4.86. The lowest BCUT2D eigenvalue weighted by Gasteiger charge is -1.99. The van der Waals surface area contributed by atoms with Crippen molar-refractivity contribution in [2.45, 2.75) is 12.8 Å². The summed E-state index contributed by atoms with van der Waals surface area (Å²) in [5.41, 5.74) is 6.83. The summed E-state index contributed by atoms with van der Waals surface area (Å²) < 4.78 is 13.6. The Morgan fingerprint density at radius 1 is 1.50 bits per heavy atom. The van der Waals surface area contributed by atoms with E-state index in [1.807, 2.05) is 0 Å². The maximum Gasteiger partial charge on any atom is 0.303 e. The Bertz CT molecular complexity index is 548. The first-order chi connectivity index (χ1) is 7.59. The molecule has 0 aliphatic carbocycles. The smallest absolute Gasteiger partial charge is 0.303 e. The predicted octanol–water partition coefficient (Wildman–Crippen LogP) is 1.91. The van der Waals surface area contributed by atoms with Crippen molar-refractivity contribution in [2.75, 3.05) is 5.73 Å². The molecule has 0 atom stereocenters. The highest BCUT2D eigenvalue weighted by molar-refractivity contribution is 5.89. The van der Waals surface area contributed by atoms with Gasteiger partial charge in [0.15, 0.2) is 0 Å². The number of fused-ring (bicyclic) bond motifs is 1. The number of aromatic nitrogens is 1. The van der Waals surface area contributed by atoms with Crippen LogP contribution in [0.25, 0.3) is 10.9 Å². The van der Waals surface area contributed by atoms with Gasteiger partial charge >= 0.3 is 5.97 Å². The molecule has 16 heavy (non-hydrogen) atoms. The second kappa shape index (κ2) is 3.84. The second-order valence-corrected chi connectivity index (χ2v) is 3.57. The minimum Gasteiger partial charge on any atom is -0.481 e. The summed E-state index contributed by atoms with van der Waals surface area (Å²) >= 11 is 0. The summed E-state index contributed by atoms with van der Waals surface area (Å²) in [4.78, 5) is 13.3. The van der Waals surface area contributed by atoms with E-state index in [4.69, 9.17) is 10.8 Å². The fourth-order valence-corrected chi connectivity index (χ4v) is 1.78. The van der Waals surface area contributed by atoms with Gasteiger partial charge in [-0.1, -0.05) is 6.07 Å². The van der Waals surface area contributed by atoms with Crippen LogP contribution in [0.2, 0.25) is 0 Å². The summed E-state index contributed by atoms with van der Waals surface area (Å²) in [6.45, 7) is 0. The molecular formula is C11H11FN2O2. The predicted molar refractivity (Wildman–Crippen MR) is 58.6 cm³/mol. The second-order valence-electron chi connectivity index (χ2n) is 3.57. The van der Waals surface area contributed by atoms with Gasteiger partial charge in [-0.2, -0.15) is 0 Å². The van der Waals surface area contributed by atoms with Crippen molar-refractivity contribution >= 4 is 22.7 Å². The number of hydrogen-bond acceptors (Lipinski definition) is 2. The number of carboxylic acids is 1. The van der Waals surface area contributed by atoms with E-state index in [9.17, 15) is 9.18 Å². The van der Waals surface area contributed by atoms with Crippen LogP contribution in [0, 0.1) is 5.82 Å². The number of aromatic amines is 1. The monoisotopic (exact) mass is 222 g/mol. The SMILES string of the molecule is Nc1[nH]c2cccc(F)c2c1CCC(=O)O. The third-order valence-electron chi connectivity index (χ3n) is 2.50. The molecule has 5 heteroatoms. The molecule has 0 aliphatic heterocycles. The number of benzene rings is 1. The van der Waals surface area contributed by atoms with Crippen LogP contribution in [-0.2, 0) is 11.2 Å². The van der Waals surface area contributed by atoms with Crippen molar-refractivity contribution in [1.29, 1.82) is 0 Å². The van der Waals surface area contributed by atoms with Crippen LogP contribution in [0.4, 0.5) is 10.2 Å². The van der Waals surface area contributed by atoms with E-state index in [-0.39, 0.29) is 18.7 Å². The molecule has 0 amide bonds. The molecule has 0 bridgehead atoms.